The van der Waals surface area contributed by atoms with Crippen LogP contribution in [0.25, 0.3) is 0 Å². The maximum absolute atomic E-state index is 13.7. The van der Waals surface area contributed by atoms with Gasteiger partial charge in [0.2, 0.25) is 0 Å². The second kappa shape index (κ2) is 6.01. The Balaban J connectivity index is 2.83. The summed E-state index contributed by atoms with van der Waals surface area (Å²) in [4.78, 5) is 1.09. The van der Waals surface area contributed by atoms with Crippen LogP contribution in [0.5, 0.6) is 0 Å². The summed E-state index contributed by atoms with van der Waals surface area (Å²) in [5.74, 6) is -0.943. The average Bonchev–Trinajstić information content (AvgIpc) is 2.28. The predicted octanol–water partition coefficient (Wildman–Crippen LogP) is 2.49. The summed E-state index contributed by atoms with van der Waals surface area (Å²) in [6.45, 7) is 0.512. The van der Waals surface area contributed by atoms with Crippen LogP contribution in [-0.2, 0) is 6.54 Å². The van der Waals surface area contributed by atoms with Crippen molar-refractivity contribution in [3.8, 4) is 0 Å². The number of nitrogens with zero attached hydrogens (tertiary/aromatic N) is 1. The molecule has 0 atom stereocenters. The van der Waals surface area contributed by atoms with E-state index in [0.29, 0.717) is 0 Å². The molecule has 7 heteroatoms. The summed E-state index contributed by atoms with van der Waals surface area (Å²) in [5.41, 5.74) is 5.56. The van der Waals surface area contributed by atoms with Crippen molar-refractivity contribution < 1.29 is 17.6 Å². The van der Waals surface area contributed by atoms with E-state index in [0.717, 1.165) is 11.0 Å². The third-order valence-corrected chi connectivity index (χ3v) is 2.61. The van der Waals surface area contributed by atoms with Crippen molar-refractivity contribution in [2.24, 2.45) is 5.73 Å². The lowest BCUT2D eigenvalue weighted by Crippen LogP contribution is -2.33. The first kappa shape index (κ1) is 15.4. The van der Waals surface area contributed by atoms with E-state index in [2.05, 4.69) is 0 Å². The van der Waals surface area contributed by atoms with E-state index in [1.54, 1.807) is 6.92 Å². The zero-order chi connectivity index (χ0) is 14.6. The third kappa shape index (κ3) is 4.86. The Morgan fingerprint density at radius 2 is 2.00 bits per heavy atom. The maximum Gasteiger partial charge on any atom is 0.401 e. The second-order valence-corrected chi connectivity index (χ2v) is 4.14. The van der Waals surface area contributed by atoms with E-state index in [1.807, 2.05) is 0 Å². The summed E-state index contributed by atoms with van der Waals surface area (Å²) in [7, 11) is 0. The van der Waals surface area contributed by atoms with Crippen LogP contribution in [0.15, 0.2) is 18.2 Å². The van der Waals surface area contributed by atoms with Crippen LogP contribution in [0.2, 0.25) is 0 Å². The molecule has 3 nitrogen and oxygen atoms in total. The average molecular weight is 277 g/mol. The summed E-state index contributed by atoms with van der Waals surface area (Å²) < 4.78 is 50.5. The van der Waals surface area contributed by atoms with Crippen molar-refractivity contribution in [2.75, 3.05) is 13.1 Å². The van der Waals surface area contributed by atoms with Gasteiger partial charge in [0.05, 0.1) is 6.54 Å². The van der Waals surface area contributed by atoms with Crippen LogP contribution in [0.1, 0.15) is 18.1 Å². The number of hydrogen-bond donors (Lipinski definition) is 2. The van der Waals surface area contributed by atoms with Crippen molar-refractivity contribution in [3.63, 3.8) is 0 Å². The Labute approximate surface area is 108 Å². The molecule has 3 N–H and O–H groups in total. The molecule has 0 radical (unpaired) electrons. The first-order valence-electron chi connectivity index (χ1n) is 5.65. The topological polar surface area (TPSA) is 53.1 Å². The van der Waals surface area contributed by atoms with Gasteiger partial charge in [-0.05, 0) is 12.6 Å². The van der Waals surface area contributed by atoms with E-state index in [9.17, 15) is 17.6 Å². The monoisotopic (exact) mass is 277 g/mol. The fourth-order valence-corrected chi connectivity index (χ4v) is 1.62. The quantitative estimate of drug-likeness (QED) is 0.493. The fourth-order valence-electron chi connectivity index (χ4n) is 1.62. The standard InChI is InChI=1S/C12H15F4N3/c1-2-19(7-12(14,15)16)6-9-4-3-8(11(17)18)5-10(9)13/h3-5H,2,6-7H2,1H3,(H3,17,18). The molecular weight excluding hydrogens is 262 g/mol. The molecule has 0 fully saturated rings. The third-order valence-electron chi connectivity index (χ3n) is 2.61. The molecule has 0 aliphatic carbocycles. The molecule has 0 heterocycles. The number of amidine groups is 1. The molecule has 0 saturated carbocycles. The first-order valence-corrected chi connectivity index (χ1v) is 5.65. The van der Waals surface area contributed by atoms with E-state index in [-0.39, 0.29) is 30.1 Å². The molecule has 0 bridgehead atoms. The fraction of sp³-hybridized carbons (Fsp3) is 0.417. The van der Waals surface area contributed by atoms with E-state index < -0.39 is 18.5 Å². The maximum atomic E-state index is 13.7. The predicted molar refractivity (Wildman–Crippen MR) is 64.4 cm³/mol. The Morgan fingerprint density at radius 1 is 1.37 bits per heavy atom. The summed E-state index contributed by atoms with van der Waals surface area (Å²) >= 11 is 0. The minimum absolute atomic E-state index is 0.139. The van der Waals surface area contributed by atoms with Gasteiger partial charge in [0.15, 0.2) is 0 Å². The van der Waals surface area contributed by atoms with Gasteiger partial charge in [-0.1, -0.05) is 19.1 Å². The van der Waals surface area contributed by atoms with E-state index >= 15 is 0 Å². The number of benzene rings is 1. The number of nitrogen functional groups attached to an aromatic ring is 1. The molecule has 0 unspecified atom stereocenters. The highest BCUT2D eigenvalue weighted by Gasteiger charge is 2.30. The molecule has 0 aliphatic rings. The first-order chi connectivity index (χ1) is 8.73. The Kier molecular flexibility index (Phi) is 4.88. The largest absolute Gasteiger partial charge is 0.401 e. The highest BCUT2D eigenvalue weighted by Crippen LogP contribution is 2.19. The molecule has 0 aromatic heterocycles. The minimum atomic E-state index is -4.31. The number of nitrogens with two attached hydrogens (primary N) is 1. The lowest BCUT2D eigenvalue weighted by molar-refractivity contribution is -0.146. The van der Waals surface area contributed by atoms with E-state index in [1.165, 1.54) is 12.1 Å². The molecule has 0 amide bonds. The Bertz CT molecular complexity index is 457. The van der Waals surface area contributed by atoms with Gasteiger partial charge in [0.1, 0.15) is 11.7 Å². The van der Waals surface area contributed by atoms with Gasteiger partial charge < -0.3 is 5.73 Å². The smallest absolute Gasteiger partial charge is 0.384 e. The molecule has 106 valence electrons. The number of alkyl halides is 3. The lowest BCUT2D eigenvalue weighted by atomic mass is 10.1. The van der Waals surface area contributed by atoms with E-state index in [4.69, 9.17) is 11.1 Å². The van der Waals surface area contributed by atoms with Gasteiger partial charge in [-0.15, -0.1) is 0 Å². The van der Waals surface area contributed by atoms with Crippen LogP contribution in [0.3, 0.4) is 0 Å². The van der Waals surface area contributed by atoms with Gasteiger partial charge in [-0.3, -0.25) is 10.3 Å². The molecule has 0 saturated heterocycles. The van der Waals surface area contributed by atoms with Crippen molar-refractivity contribution in [1.82, 2.24) is 4.90 Å². The molecule has 1 aromatic carbocycles. The van der Waals surface area contributed by atoms with Gasteiger partial charge in [0.25, 0.3) is 0 Å². The van der Waals surface area contributed by atoms with Crippen molar-refractivity contribution in [3.05, 3.63) is 35.1 Å². The number of nitrogens with one attached hydrogen (secondary N) is 1. The van der Waals surface area contributed by atoms with Crippen molar-refractivity contribution >= 4 is 5.84 Å². The Morgan fingerprint density at radius 3 is 2.42 bits per heavy atom. The summed E-state index contributed by atoms with van der Waals surface area (Å²) in [5, 5.41) is 7.15. The van der Waals surface area contributed by atoms with Crippen LogP contribution in [-0.4, -0.2) is 30.0 Å². The number of halogens is 4. The Hall–Kier alpha value is -1.63. The zero-order valence-electron chi connectivity index (χ0n) is 10.4. The normalized spacial score (nSPS) is 11.9. The van der Waals surface area contributed by atoms with Crippen LogP contribution < -0.4 is 5.73 Å². The highest BCUT2D eigenvalue weighted by atomic mass is 19.4. The zero-order valence-corrected chi connectivity index (χ0v) is 10.4. The van der Waals surface area contributed by atoms with Gasteiger partial charge in [0, 0.05) is 17.7 Å². The van der Waals surface area contributed by atoms with Gasteiger partial charge in [-0.2, -0.15) is 13.2 Å². The minimum Gasteiger partial charge on any atom is -0.384 e. The summed E-state index contributed by atoms with van der Waals surface area (Å²) in [6.07, 6.45) is -4.31. The molecular formula is C12H15F4N3. The van der Waals surface area contributed by atoms with Crippen LogP contribution in [0.4, 0.5) is 17.6 Å². The van der Waals surface area contributed by atoms with Crippen LogP contribution >= 0.6 is 0 Å². The summed E-state index contributed by atoms with van der Waals surface area (Å²) in [6, 6.07) is 3.83. The SMILES string of the molecule is CCN(Cc1ccc(C(=N)N)cc1F)CC(F)(F)F. The van der Waals surface area contributed by atoms with Gasteiger partial charge >= 0.3 is 6.18 Å². The molecule has 0 aliphatic heterocycles. The van der Waals surface area contributed by atoms with Crippen molar-refractivity contribution in [2.45, 2.75) is 19.6 Å². The molecule has 19 heavy (non-hydrogen) atoms. The highest BCUT2D eigenvalue weighted by molar-refractivity contribution is 5.94. The second-order valence-electron chi connectivity index (χ2n) is 4.14. The molecule has 0 spiro atoms. The van der Waals surface area contributed by atoms with Gasteiger partial charge in [-0.25, -0.2) is 4.39 Å². The molecule has 1 rings (SSSR count). The molecule has 1 aromatic rings. The van der Waals surface area contributed by atoms with Crippen molar-refractivity contribution in [1.29, 1.82) is 5.41 Å². The van der Waals surface area contributed by atoms with Crippen LogP contribution in [0, 0.1) is 11.2 Å². The number of hydrogen-bond acceptors (Lipinski definition) is 2. The number of rotatable bonds is 5. The lowest BCUT2D eigenvalue weighted by Gasteiger charge is -2.22.